The number of hydrogen-bond acceptors (Lipinski definition) is 4. The Kier molecular flexibility index (Phi) is 4.15. The summed E-state index contributed by atoms with van der Waals surface area (Å²) in [7, 11) is -3.26. The average molecular weight is 292 g/mol. The van der Waals surface area contributed by atoms with E-state index in [1.807, 2.05) is 0 Å². The molecule has 0 bridgehead atoms. The zero-order chi connectivity index (χ0) is 14.8. The molecule has 1 fully saturated rings. The third kappa shape index (κ3) is 3.61. The van der Waals surface area contributed by atoms with Gasteiger partial charge in [0.2, 0.25) is 0 Å². The molecule has 0 saturated heterocycles. The Labute approximate surface area is 119 Å². The van der Waals surface area contributed by atoms with Gasteiger partial charge in [0.1, 0.15) is 6.10 Å². The number of ether oxygens (including phenoxy) is 1. The molecule has 1 saturated carbocycles. The minimum atomic E-state index is -3.26. The fourth-order valence-electron chi connectivity index (χ4n) is 1.93. The highest BCUT2D eigenvalue weighted by Gasteiger charge is 2.33. The van der Waals surface area contributed by atoms with E-state index in [1.165, 1.54) is 24.3 Å². The maximum Gasteiger partial charge on any atom is 0.338 e. The molecule has 0 unspecified atom stereocenters. The second-order valence-electron chi connectivity index (χ2n) is 4.99. The van der Waals surface area contributed by atoms with Crippen LogP contribution in [-0.2, 0) is 14.6 Å². The molecule has 20 heavy (non-hydrogen) atoms. The first kappa shape index (κ1) is 14.6. The van der Waals surface area contributed by atoms with Gasteiger partial charge in [0.15, 0.2) is 9.84 Å². The van der Waals surface area contributed by atoms with E-state index in [0.717, 1.165) is 19.1 Å². The number of carbonyl (C=O) groups is 1. The SMILES string of the molecule is C#CC[C@H](OC(=O)c1ccc(S(C)(=O)=O)cc1)C1CC1. The highest BCUT2D eigenvalue weighted by atomic mass is 32.2. The second-order valence-corrected chi connectivity index (χ2v) is 7.00. The molecule has 0 aliphatic heterocycles. The summed E-state index contributed by atoms with van der Waals surface area (Å²) in [4.78, 5) is 12.2. The predicted molar refractivity (Wildman–Crippen MR) is 74.9 cm³/mol. The molecule has 0 radical (unpaired) electrons. The molecule has 0 amide bonds. The molecule has 0 heterocycles. The van der Waals surface area contributed by atoms with Gasteiger partial charge < -0.3 is 4.74 Å². The van der Waals surface area contributed by atoms with Gasteiger partial charge in [0, 0.05) is 12.7 Å². The minimum Gasteiger partial charge on any atom is -0.457 e. The molecule has 5 heteroatoms. The Morgan fingerprint density at radius 1 is 1.40 bits per heavy atom. The van der Waals surface area contributed by atoms with Gasteiger partial charge in [-0.2, -0.15) is 0 Å². The fraction of sp³-hybridized carbons (Fsp3) is 0.400. The first-order valence-electron chi connectivity index (χ1n) is 6.36. The van der Waals surface area contributed by atoms with E-state index in [1.54, 1.807) is 0 Å². The molecule has 1 aliphatic rings. The zero-order valence-electron chi connectivity index (χ0n) is 11.2. The molecule has 0 N–H and O–H groups in total. The van der Waals surface area contributed by atoms with Gasteiger partial charge in [-0.15, -0.1) is 12.3 Å². The number of sulfone groups is 1. The summed E-state index contributed by atoms with van der Waals surface area (Å²) >= 11 is 0. The van der Waals surface area contributed by atoms with Crippen LogP contribution in [-0.4, -0.2) is 26.7 Å². The summed E-state index contributed by atoms with van der Waals surface area (Å²) in [5.41, 5.74) is 0.333. The molecular formula is C15H16O4S. The van der Waals surface area contributed by atoms with Gasteiger partial charge in [-0.1, -0.05) is 0 Å². The maximum absolute atomic E-state index is 12.0. The van der Waals surface area contributed by atoms with Crippen LogP contribution < -0.4 is 0 Å². The largest absolute Gasteiger partial charge is 0.457 e. The first-order valence-corrected chi connectivity index (χ1v) is 8.25. The Balaban J connectivity index is 2.07. The number of terminal acetylenes is 1. The molecule has 0 spiro atoms. The molecule has 4 nitrogen and oxygen atoms in total. The van der Waals surface area contributed by atoms with Crippen molar-refractivity contribution in [2.75, 3.05) is 6.26 Å². The molecule has 1 aromatic carbocycles. The molecule has 1 aliphatic carbocycles. The van der Waals surface area contributed by atoms with Gasteiger partial charge in [-0.3, -0.25) is 0 Å². The van der Waals surface area contributed by atoms with E-state index in [-0.39, 0.29) is 11.0 Å². The zero-order valence-corrected chi connectivity index (χ0v) is 12.0. The van der Waals surface area contributed by atoms with Gasteiger partial charge >= 0.3 is 5.97 Å². The van der Waals surface area contributed by atoms with Crippen LogP contribution >= 0.6 is 0 Å². The van der Waals surface area contributed by atoms with E-state index < -0.39 is 15.8 Å². The van der Waals surface area contributed by atoms with Crippen LogP contribution in [0.1, 0.15) is 29.6 Å². The van der Waals surface area contributed by atoms with Crippen molar-refractivity contribution >= 4 is 15.8 Å². The van der Waals surface area contributed by atoms with Crippen LogP contribution in [0.4, 0.5) is 0 Å². The number of hydrogen-bond donors (Lipinski definition) is 0. The minimum absolute atomic E-state index is 0.177. The summed E-state index contributed by atoms with van der Waals surface area (Å²) in [6.45, 7) is 0. The van der Waals surface area contributed by atoms with Crippen LogP contribution in [0.2, 0.25) is 0 Å². The van der Waals surface area contributed by atoms with Gasteiger partial charge in [0.05, 0.1) is 10.5 Å². The summed E-state index contributed by atoms with van der Waals surface area (Å²) in [5, 5.41) is 0. The highest BCUT2D eigenvalue weighted by molar-refractivity contribution is 7.90. The summed E-state index contributed by atoms with van der Waals surface area (Å²) in [6, 6.07) is 5.72. The van der Waals surface area contributed by atoms with Gasteiger partial charge in [-0.05, 0) is 43.0 Å². The third-order valence-corrected chi connectivity index (χ3v) is 4.37. The van der Waals surface area contributed by atoms with Crippen LogP contribution in [0, 0.1) is 18.3 Å². The Hall–Kier alpha value is -1.80. The quantitative estimate of drug-likeness (QED) is 0.615. The van der Waals surface area contributed by atoms with Crippen LogP contribution in [0.3, 0.4) is 0 Å². The van der Waals surface area contributed by atoms with E-state index in [4.69, 9.17) is 11.2 Å². The monoisotopic (exact) mass is 292 g/mol. The standard InChI is InChI=1S/C15H16O4S/c1-3-4-14(11-5-6-11)19-15(16)12-7-9-13(10-8-12)20(2,17)18/h1,7-11,14H,4-6H2,2H3/t14-/m0/s1. The van der Waals surface area contributed by atoms with Crippen molar-refractivity contribution in [3.05, 3.63) is 29.8 Å². The van der Waals surface area contributed by atoms with Crippen molar-refractivity contribution in [2.24, 2.45) is 5.92 Å². The maximum atomic E-state index is 12.0. The molecule has 106 valence electrons. The molecule has 1 atom stereocenters. The average Bonchev–Trinajstić information content (AvgIpc) is 3.21. The Morgan fingerprint density at radius 3 is 2.45 bits per heavy atom. The smallest absolute Gasteiger partial charge is 0.338 e. The summed E-state index contributed by atoms with van der Waals surface area (Å²) < 4.78 is 28.1. The normalized spacial score (nSPS) is 16.2. The van der Waals surface area contributed by atoms with Crippen LogP contribution in [0.15, 0.2) is 29.2 Å². The van der Waals surface area contributed by atoms with Crippen LogP contribution in [0.25, 0.3) is 0 Å². The lowest BCUT2D eigenvalue weighted by atomic mass is 10.1. The number of rotatable bonds is 5. The Morgan fingerprint density at radius 2 is 2.00 bits per heavy atom. The lowest BCUT2D eigenvalue weighted by Crippen LogP contribution is -2.20. The topological polar surface area (TPSA) is 60.4 Å². The van der Waals surface area contributed by atoms with E-state index in [9.17, 15) is 13.2 Å². The van der Waals surface area contributed by atoms with Crippen molar-refractivity contribution in [2.45, 2.75) is 30.3 Å². The van der Waals surface area contributed by atoms with Gasteiger partial charge in [-0.25, -0.2) is 13.2 Å². The van der Waals surface area contributed by atoms with Crippen molar-refractivity contribution in [3.63, 3.8) is 0 Å². The molecule has 0 aromatic heterocycles. The lowest BCUT2D eigenvalue weighted by Gasteiger charge is -2.14. The van der Waals surface area contributed by atoms with E-state index >= 15 is 0 Å². The van der Waals surface area contributed by atoms with Crippen LogP contribution in [0.5, 0.6) is 0 Å². The molecule has 2 rings (SSSR count). The van der Waals surface area contributed by atoms with Crippen molar-refractivity contribution in [3.8, 4) is 12.3 Å². The second kappa shape index (κ2) is 5.68. The van der Waals surface area contributed by atoms with Crippen molar-refractivity contribution in [1.29, 1.82) is 0 Å². The molecule has 1 aromatic rings. The van der Waals surface area contributed by atoms with E-state index in [0.29, 0.717) is 17.9 Å². The first-order chi connectivity index (χ1) is 9.41. The number of carbonyl (C=O) groups excluding carboxylic acids is 1. The fourth-order valence-corrected chi connectivity index (χ4v) is 2.56. The predicted octanol–water partition coefficient (Wildman–Crippen LogP) is 2.05. The van der Waals surface area contributed by atoms with Gasteiger partial charge in [0.25, 0.3) is 0 Å². The lowest BCUT2D eigenvalue weighted by molar-refractivity contribution is 0.0261. The third-order valence-electron chi connectivity index (χ3n) is 3.24. The summed E-state index contributed by atoms with van der Waals surface area (Å²) in [6.07, 6.45) is 8.64. The number of esters is 1. The number of benzene rings is 1. The Bertz CT molecular complexity index is 633. The highest BCUT2D eigenvalue weighted by Crippen LogP contribution is 2.36. The van der Waals surface area contributed by atoms with Crippen molar-refractivity contribution < 1.29 is 17.9 Å². The summed E-state index contributed by atoms with van der Waals surface area (Å²) in [5.74, 6) is 2.42. The van der Waals surface area contributed by atoms with Crippen molar-refractivity contribution in [1.82, 2.24) is 0 Å². The molecular weight excluding hydrogens is 276 g/mol. The van der Waals surface area contributed by atoms with E-state index in [2.05, 4.69) is 5.92 Å².